The average Bonchev–Trinajstić information content (AvgIpc) is 3.24. The van der Waals surface area contributed by atoms with Crippen LogP contribution < -0.4 is 16.1 Å². The van der Waals surface area contributed by atoms with E-state index in [2.05, 4.69) is 55.7 Å². The molecular formula is C27H40F2N6O. The molecule has 36 heavy (non-hydrogen) atoms. The minimum Gasteiger partial charge on any atom is -0.328 e. The molecule has 2 aliphatic rings. The minimum atomic E-state index is -0.563. The van der Waals surface area contributed by atoms with Gasteiger partial charge in [0, 0.05) is 31.4 Å². The summed E-state index contributed by atoms with van der Waals surface area (Å²) in [5.74, 6) is -0.702. The molecule has 3 heterocycles. The Balaban J connectivity index is 1.39. The summed E-state index contributed by atoms with van der Waals surface area (Å²) in [7, 11) is 0. The lowest BCUT2D eigenvalue weighted by atomic mass is 9.76. The summed E-state index contributed by atoms with van der Waals surface area (Å²) in [4.78, 5) is 17.6. The van der Waals surface area contributed by atoms with Crippen LogP contribution >= 0.6 is 0 Å². The topological polar surface area (TPSA) is 74.2 Å². The number of nitrogens with one attached hydrogen (secondary N) is 3. The predicted octanol–water partition coefficient (Wildman–Crippen LogP) is 4.52. The Morgan fingerprint density at radius 2 is 1.94 bits per heavy atom. The van der Waals surface area contributed by atoms with Gasteiger partial charge in [-0.15, -0.1) is 0 Å². The molecule has 7 nitrogen and oxygen atoms in total. The Morgan fingerprint density at radius 3 is 2.64 bits per heavy atom. The number of carbonyl (C=O) groups is 1. The Labute approximate surface area is 213 Å². The van der Waals surface area contributed by atoms with Crippen molar-refractivity contribution in [1.29, 1.82) is 0 Å². The molecule has 1 amide bonds. The van der Waals surface area contributed by atoms with Crippen molar-refractivity contribution in [3.63, 3.8) is 0 Å². The number of hydrazine groups is 1. The Hall–Kier alpha value is -2.36. The van der Waals surface area contributed by atoms with Crippen LogP contribution in [0.4, 0.5) is 14.6 Å². The summed E-state index contributed by atoms with van der Waals surface area (Å²) >= 11 is 0. The van der Waals surface area contributed by atoms with E-state index in [1.807, 2.05) is 22.7 Å². The molecule has 3 atom stereocenters. The predicted molar refractivity (Wildman–Crippen MR) is 137 cm³/mol. The largest absolute Gasteiger partial charge is 0.328 e. The second-order valence-corrected chi connectivity index (χ2v) is 12.1. The third kappa shape index (κ3) is 5.79. The molecule has 2 bridgehead atoms. The molecule has 198 valence electrons. The zero-order chi connectivity index (χ0) is 26.3. The maximum atomic E-state index is 14.3. The normalized spacial score (nSPS) is 20.6. The number of hydrogen-bond acceptors (Lipinski definition) is 5. The van der Waals surface area contributed by atoms with Crippen LogP contribution in [0.1, 0.15) is 78.0 Å². The van der Waals surface area contributed by atoms with Gasteiger partial charge in [0.15, 0.2) is 5.82 Å². The second-order valence-electron chi connectivity index (χ2n) is 12.1. The number of nitrogens with zero attached hydrogens (tertiary/aromatic N) is 3. The summed E-state index contributed by atoms with van der Waals surface area (Å²) < 4.78 is 30.1. The van der Waals surface area contributed by atoms with E-state index in [0.717, 1.165) is 32.0 Å². The zero-order valence-corrected chi connectivity index (χ0v) is 22.3. The van der Waals surface area contributed by atoms with Crippen molar-refractivity contribution in [2.45, 2.75) is 90.9 Å². The van der Waals surface area contributed by atoms with Gasteiger partial charge in [-0.25, -0.2) is 24.2 Å². The summed E-state index contributed by atoms with van der Waals surface area (Å²) in [6.07, 6.45) is 6.39. The molecule has 3 N–H and O–H groups in total. The number of benzene rings is 1. The fourth-order valence-electron chi connectivity index (χ4n) is 5.12. The van der Waals surface area contributed by atoms with E-state index in [4.69, 9.17) is 0 Å². The van der Waals surface area contributed by atoms with E-state index in [-0.39, 0.29) is 28.9 Å². The van der Waals surface area contributed by atoms with Gasteiger partial charge >= 0.3 is 0 Å². The highest BCUT2D eigenvalue weighted by Gasteiger charge is 2.47. The molecule has 0 saturated carbocycles. The number of imidazole rings is 1. The van der Waals surface area contributed by atoms with Gasteiger partial charge in [-0.3, -0.25) is 4.79 Å². The quantitative estimate of drug-likeness (QED) is 0.446. The van der Waals surface area contributed by atoms with E-state index < -0.39 is 17.7 Å². The van der Waals surface area contributed by atoms with E-state index in [1.165, 1.54) is 6.07 Å². The lowest BCUT2D eigenvalue weighted by Gasteiger charge is -2.54. The van der Waals surface area contributed by atoms with Crippen LogP contribution in [0.3, 0.4) is 0 Å². The molecular weight excluding hydrogens is 462 g/mol. The first-order valence-corrected chi connectivity index (χ1v) is 13.0. The number of aromatic nitrogens is 2. The van der Waals surface area contributed by atoms with Crippen LogP contribution in [0.2, 0.25) is 0 Å². The number of anilines is 1. The minimum absolute atomic E-state index is 0.0928. The summed E-state index contributed by atoms with van der Waals surface area (Å²) in [6.45, 7) is 14.5. The molecule has 1 fully saturated rings. The molecule has 1 aromatic heterocycles. The summed E-state index contributed by atoms with van der Waals surface area (Å²) in [5.41, 5.74) is 4.63. The standard InChI is InChI=1S/C27H40F2N6O/c1-7-8-22(33-35-18-11-19-20(23(35)12-18)9-17(28)10-21(19)29)25(36)32-24-13-34(16-31-24)27(5,6)15-30-14-26(2,3)4/h9-10,13,16,18,22-23,30,33H,7-8,11-12,14-15H2,1-6H3,(H,32,36)/t18-,22-,23-/m0/s1. The van der Waals surface area contributed by atoms with Crippen molar-refractivity contribution in [3.05, 3.63) is 47.4 Å². The SMILES string of the molecule is CCC[C@H](NN1[C@H]2Cc3c(F)cc(F)cc3[C@@H]1C2)C(=O)Nc1cn(C(C)(C)CNCC(C)(C)C)cn1. The van der Waals surface area contributed by atoms with E-state index >= 15 is 0 Å². The van der Waals surface area contributed by atoms with Gasteiger partial charge in [0.25, 0.3) is 0 Å². The molecule has 9 heteroatoms. The number of halogens is 2. The van der Waals surface area contributed by atoms with Crippen molar-refractivity contribution >= 4 is 11.7 Å². The van der Waals surface area contributed by atoms with Crippen LogP contribution in [0.25, 0.3) is 0 Å². The first-order valence-electron chi connectivity index (χ1n) is 13.0. The van der Waals surface area contributed by atoms with E-state index in [0.29, 0.717) is 29.8 Å². The highest BCUT2D eigenvalue weighted by Crippen LogP contribution is 2.46. The zero-order valence-electron chi connectivity index (χ0n) is 22.3. The van der Waals surface area contributed by atoms with Gasteiger partial charge in [-0.1, -0.05) is 34.1 Å². The molecule has 0 spiro atoms. The van der Waals surface area contributed by atoms with Crippen LogP contribution in [0.15, 0.2) is 24.7 Å². The summed E-state index contributed by atoms with van der Waals surface area (Å²) in [5, 5.41) is 8.48. The first-order chi connectivity index (χ1) is 16.9. The Morgan fingerprint density at radius 1 is 1.19 bits per heavy atom. The fourth-order valence-corrected chi connectivity index (χ4v) is 5.12. The Bertz CT molecular complexity index is 1090. The third-order valence-electron chi connectivity index (χ3n) is 7.16. The highest BCUT2D eigenvalue weighted by molar-refractivity contribution is 5.93. The van der Waals surface area contributed by atoms with Gasteiger partial charge < -0.3 is 15.2 Å². The average molecular weight is 503 g/mol. The molecule has 1 saturated heterocycles. The lowest BCUT2D eigenvalue weighted by Crippen LogP contribution is -2.64. The van der Waals surface area contributed by atoms with Crippen LogP contribution in [-0.2, 0) is 16.8 Å². The highest BCUT2D eigenvalue weighted by atomic mass is 19.1. The second kappa shape index (κ2) is 10.2. The maximum absolute atomic E-state index is 14.3. The lowest BCUT2D eigenvalue weighted by molar-refractivity contribution is -0.124. The number of hydrogen-bond donors (Lipinski definition) is 3. The van der Waals surface area contributed by atoms with E-state index in [1.54, 1.807) is 6.33 Å². The van der Waals surface area contributed by atoms with Crippen molar-refractivity contribution in [2.24, 2.45) is 5.41 Å². The van der Waals surface area contributed by atoms with Gasteiger partial charge in [0.1, 0.15) is 17.7 Å². The Kier molecular flexibility index (Phi) is 7.55. The number of amides is 1. The van der Waals surface area contributed by atoms with Gasteiger partial charge in [-0.05, 0) is 55.7 Å². The van der Waals surface area contributed by atoms with Gasteiger partial charge in [0.05, 0.1) is 17.9 Å². The van der Waals surface area contributed by atoms with Crippen molar-refractivity contribution in [2.75, 3.05) is 18.4 Å². The molecule has 2 aliphatic heterocycles. The molecule has 4 rings (SSSR count). The van der Waals surface area contributed by atoms with Crippen molar-refractivity contribution in [3.8, 4) is 0 Å². The van der Waals surface area contributed by atoms with Gasteiger partial charge in [-0.2, -0.15) is 0 Å². The molecule has 2 aromatic rings. The van der Waals surface area contributed by atoms with Crippen molar-refractivity contribution in [1.82, 2.24) is 25.3 Å². The number of rotatable bonds is 10. The van der Waals surface area contributed by atoms with Gasteiger partial charge in [0.2, 0.25) is 5.91 Å². The maximum Gasteiger partial charge on any atom is 0.244 e. The number of carbonyl (C=O) groups excluding carboxylic acids is 1. The number of fused-ring (bicyclic) bond motifs is 4. The fraction of sp³-hybridized carbons (Fsp3) is 0.630. The third-order valence-corrected chi connectivity index (χ3v) is 7.16. The first kappa shape index (κ1) is 26.7. The molecule has 1 aromatic carbocycles. The molecule has 0 aliphatic carbocycles. The van der Waals surface area contributed by atoms with Crippen LogP contribution in [0, 0.1) is 17.0 Å². The monoisotopic (exact) mass is 502 g/mol. The van der Waals surface area contributed by atoms with Crippen LogP contribution in [-0.4, -0.2) is 45.6 Å². The molecule has 0 unspecified atom stereocenters. The smallest absolute Gasteiger partial charge is 0.244 e. The van der Waals surface area contributed by atoms with Crippen molar-refractivity contribution < 1.29 is 13.6 Å². The molecule has 0 radical (unpaired) electrons. The van der Waals surface area contributed by atoms with E-state index in [9.17, 15) is 13.6 Å². The van der Waals surface area contributed by atoms with Crippen LogP contribution in [0.5, 0.6) is 0 Å². The summed E-state index contributed by atoms with van der Waals surface area (Å²) in [6, 6.07) is 1.88.